The molecule has 3 aromatic rings. The highest BCUT2D eigenvalue weighted by Gasteiger charge is 2.13. The van der Waals surface area contributed by atoms with Gasteiger partial charge in [0.1, 0.15) is 10.6 Å². The smallest absolute Gasteiger partial charge is 0.232 e. The SMILES string of the molecule is Cc1cc(C#N)cc(C)c1Oc1nc(Cl)nc2sccc12. The minimum absolute atomic E-state index is 0.156. The molecular weight excluding hydrogens is 306 g/mol. The highest BCUT2D eigenvalue weighted by Crippen LogP contribution is 2.34. The van der Waals surface area contributed by atoms with Gasteiger partial charge in [-0.2, -0.15) is 10.2 Å². The second kappa shape index (κ2) is 5.32. The molecule has 0 saturated heterocycles. The minimum atomic E-state index is 0.156. The number of hydrogen-bond acceptors (Lipinski definition) is 5. The van der Waals surface area contributed by atoms with E-state index in [2.05, 4.69) is 16.0 Å². The number of aryl methyl sites for hydroxylation is 2. The van der Waals surface area contributed by atoms with Crippen LogP contribution in [0, 0.1) is 25.2 Å². The van der Waals surface area contributed by atoms with Crippen molar-refractivity contribution in [2.45, 2.75) is 13.8 Å². The maximum Gasteiger partial charge on any atom is 0.232 e. The second-order valence-electron chi connectivity index (χ2n) is 4.59. The van der Waals surface area contributed by atoms with Gasteiger partial charge in [-0.3, -0.25) is 0 Å². The van der Waals surface area contributed by atoms with Crippen molar-refractivity contribution < 1.29 is 4.74 Å². The Hall–Kier alpha value is -2.16. The van der Waals surface area contributed by atoms with E-state index in [0.717, 1.165) is 21.3 Å². The lowest BCUT2D eigenvalue weighted by atomic mass is 10.1. The van der Waals surface area contributed by atoms with E-state index in [4.69, 9.17) is 21.6 Å². The number of aromatic nitrogens is 2. The molecule has 0 bridgehead atoms. The molecule has 6 heteroatoms. The fourth-order valence-corrected chi connectivity index (χ4v) is 3.12. The average Bonchev–Trinajstić information content (AvgIpc) is 2.90. The molecular formula is C15H10ClN3OS. The lowest BCUT2D eigenvalue weighted by molar-refractivity contribution is 0.461. The Balaban J connectivity index is 2.11. The third kappa shape index (κ3) is 2.56. The van der Waals surface area contributed by atoms with Gasteiger partial charge in [-0.25, -0.2) is 4.98 Å². The molecule has 3 rings (SSSR count). The molecule has 0 unspecified atom stereocenters. The van der Waals surface area contributed by atoms with E-state index >= 15 is 0 Å². The van der Waals surface area contributed by atoms with Crippen LogP contribution in [0.15, 0.2) is 23.6 Å². The van der Waals surface area contributed by atoms with E-state index in [1.165, 1.54) is 11.3 Å². The van der Waals surface area contributed by atoms with Crippen LogP contribution in [0.2, 0.25) is 5.28 Å². The first-order chi connectivity index (χ1) is 10.1. The minimum Gasteiger partial charge on any atom is -0.438 e. The summed E-state index contributed by atoms with van der Waals surface area (Å²) in [4.78, 5) is 9.11. The second-order valence-corrected chi connectivity index (χ2v) is 5.82. The van der Waals surface area contributed by atoms with Crippen molar-refractivity contribution in [3.63, 3.8) is 0 Å². The van der Waals surface area contributed by atoms with Gasteiger partial charge in [0.2, 0.25) is 11.2 Å². The predicted octanol–water partition coefficient (Wildman–Crippen LogP) is 4.63. The third-order valence-corrected chi connectivity index (χ3v) is 4.03. The molecule has 0 fully saturated rings. The molecule has 2 heterocycles. The monoisotopic (exact) mass is 315 g/mol. The Labute approximate surface area is 130 Å². The van der Waals surface area contributed by atoms with Crippen LogP contribution in [0.25, 0.3) is 10.2 Å². The van der Waals surface area contributed by atoms with Crippen molar-refractivity contribution in [2.75, 3.05) is 0 Å². The number of nitrogens with zero attached hydrogens (tertiary/aromatic N) is 3. The van der Waals surface area contributed by atoms with Gasteiger partial charge in [0.25, 0.3) is 0 Å². The molecule has 0 spiro atoms. The maximum atomic E-state index is 8.99. The first-order valence-corrected chi connectivity index (χ1v) is 7.44. The van der Waals surface area contributed by atoms with Crippen LogP contribution in [0.5, 0.6) is 11.6 Å². The van der Waals surface area contributed by atoms with Gasteiger partial charge >= 0.3 is 0 Å². The lowest BCUT2D eigenvalue weighted by Gasteiger charge is -2.12. The van der Waals surface area contributed by atoms with Crippen LogP contribution in [0.4, 0.5) is 0 Å². The largest absolute Gasteiger partial charge is 0.438 e. The zero-order chi connectivity index (χ0) is 15.0. The molecule has 0 aliphatic heterocycles. The quantitative estimate of drug-likeness (QED) is 0.647. The molecule has 0 amide bonds. The van der Waals surface area contributed by atoms with E-state index < -0.39 is 0 Å². The van der Waals surface area contributed by atoms with Crippen LogP contribution in [0.3, 0.4) is 0 Å². The van der Waals surface area contributed by atoms with Gasteiger partial charge < -0.3 is 4.74 Å². The van der Waals surface area contributed by atoms with E-state index in [1.807, 2.05) is 25.3 Å². The number of benzene rings is 1. The summed E-state index contributed by atoms with van der Waals surface area (Å²) >= 11 is 7.42. The first-order valence-electron chi connectivity index (χ1n) is 6.18. The molecule has 1 aromatic carbocycles. The Kier molecular flexibility index (Phi) is 3.50. The van der Waals surface area contributed by atoms with Crippen LogP contribution < -0.4 is 4.74 Å². The number of thiophene rings is 1. The molecule has 0 radical (unpaired) electrons. The molecule has 4 nitrogen and oxygen atoms in total. The third-order valence-electron chi connectivity index (χ3n) is 3.05. The van der Waals surface area contributed by atoms with Gasteiger partial charge in [0.05, 0.1) is 17.0 Å². The van der Waals surface area contributed by atoms with Gasteiger partial charge in [0.15, 0.2) is 0 Å². The van der Waals surface area contributed by atoms with Crippen molar-refractivity contribution in [2.24, 2.45) is 0 Å². The van der Waals surface area contributed by atoms with Crippen molar-refractivity contribution >= 4 is 33.2 Å². The summed E-state index contributed by atoms with van der Waals surface area (Å²) in [7, 11) is 0. The molecule has 104 valence electrons. The zero-order valence-corrected chi connectivity index (χ0v) is 12.9. The van der Waals surface area contributed by atoms with E-state index in [1.54, 1.807) is 12.1 Å². The first kappa shape index (κ1) is 13.8. The fraction of sp³-hybridized carbons (Fsp3) is 0.133. The topological polar surface area (TPSA) is 58.8 Å². The van der Waals surface area contributed by atoms with Crippen LogP contribution in [0.1, 0.15) is 16.7 Å². The summed E-state index contributed by atoms with van der Waals surface area (Å²) in [5.74, 6) is 1.12. The molecule has 0 N–H and O–H groups in total. The highest BCUT2D eigenvalue weighted by molar-refractivity contribution is 7.16. The van der Waals surface area contributed by atoms with Gasteiger partial charge in [-0.05, 0) is 60.2 Å². The average molecular weight is 316 g/mol. The Bertz CT molecular complexity index is 859. The summed E-state index contributed by atoms with van der Waals surface area (Å²) in [6.07, 6.45) is 0. The van der Waals surface area contributed by atoms with Gasteiger partial charge in [-0.15, -0.1) is 11.3 Å². The Morgan fingerprint density at radius 3 is 2.62 bits per heavy atom. The number of ether oxygens (including phenoxy) is 1. The molecule has 21 heavy (non-hydrogen) atoms. The summed E-state index contributed by atoms with van der Waals surface area (Å²) < 4.78 is 5.95. The molecule has 0 aliphatic carbocycles. The number of rotatable bonds is 2. The van der Waals surface area contributed by atoms with Crippen LogP contribution >= 0.6 is 22.9 Å². The summed E-state index contributed by atoms with van der Waals surface area (Å²) in [5, 5.41) is 11.9. The zero-order valence-electron chi connectivity index (χ0n) is 11.3. The Morgan fingerprint density at radius 2 is 1.95 bits per heavy atom. The highest BCUT2D eigenvalue weighted by atomic mass is 35.5. The molecule has 0 saturated carbocycles. The van der Waals surface area contributed by atoms with Crippen LogP contribution in [-0.2, 0) is 0 Å². The summed E-state index contributed by atoms with van der Waals surface area (Å²) in [6.45, 7) is 3.80. The van der Waals surface area contributed by atoms with Crippen molar-refractivity contribution in [3.8, 4) is 17.7 Å². The molecule has 0 atom stereocenters. The fourth-order valence-electron chi connectivity index (χ4n) is 2.15. The molecule has 0 aliphatic rings. The summed E-state index contributed by atoms with van der Waals surface area (Å²) in [6, 6.07) is 7.61. The number of hydrogen-bond donors (Lipinski definition) is 0. The normalized spacial score (nSPS) is 10.6. The van der Waals surface area contributed by atoms with E-state index in [-0.39, 0.29) is 5.28 Å². The van der Waals surface area contributed by atoms with Gasteiger partial charge in [-0.1, -0.05) is 0 Å². The lowest BCUT2D eigenvalue weighted by Crippen LogP contribution is -1.96. The predicted molar refractivity (Wildman–Crippen MR) is 83.1 cm³/mol. The van der Waals surface area contributed by atoms with Crippen molar-refractivity contribution in [3.05, 3.63) is 45.6 Å². The number of fused-ring (bicyclic) bond motifs is 1. The van der Waals surface area contributed by atoms with E-state index in [0.29, 0.717) is 17.2 Å². The standard InChI is InChI=1S/C15H10ClN3OS/c1-8-5-10(7-17)6-9(2)12(8)20-13-11-3-4-21-14(11)19-15(16)18-13/h3-6H,1-2H3. The summed E-state index contributed by atoms with van der Waals surface area (Å²) in [5.41, 5.74) is 2.37. The number of nitriles is 1. The molecule has 2 aromatic heterocycles. The van der Waals surface area contributed by atoms with Gasteiger partial charge in [0, 0.05) is 0 Å². The van der Waals surface area contributed by atoms with Crippen molar-refractivity contribution in [1.29, 1.82) is 5.26 Å². The van der Waals surface area contributed by atoms with Crippen LogP contribution in [-0.4, -0.2) is 9.97 Å². The number of halogens is 1. The maximum absolute atomic E-state index is 8.99. The van der Waals surface area contributed by atoms with Crippen molar-refractivity contribution in [1.82, 2.24) is 9.97 Å². The van der Waals surface area contributed by atoms with E-state index in [9.17, 15) is 0 Å². The Morgan fingerprint density at radius 1 is 1.24 bits per heavy atom.